The Morgan fingerprint density at radius 1 is 1.24 bits per heavy atom. The molecule has 3 aliphatic heterocycles. The zero-order valence-corrected chi connectivity index (χ0v) is 19.7. The average molecular weight is 483 g/mol. The Hall–Kier alpha value is -3.04. The van der Waals surface area contributed by atoms with Crippen LogP contribution in [0, 0.1) is 12.3 Å². The standard InChI is InChI=1S/C23H23ClN6O2S/c1-15-13-17(6-7-19(15)24)32-12-11-28-10-4-5-16(28)14-18-20(25)30-22(26-21(18)31)33-23(27-30)29-8-2-3-9-29/h4-7,10,13-14,25H,2-3,8-9,11-12H2,1H3/b18-14-,25-20?. The number of nitrogens with zero attached hydrogens (tertiary/aromatic N) is 5. The van der Waals surface area contributed by atoms with Crippen molar-refractivity contribution in [3.8, 4) is 5.75 Å². The topological polar surface area (TPSA) is 86.3 Å². The number of carbonyl (C=O) groups is 1. The number of likely N-dealkylation sites (tertiary alicyclic amines) is 1. The van der Waals surface area contributed by atoms with Crippen LogP contribution in [0.25, 0.3) is 6.08 Å². The Kier molecular flexibility index (Phi) is 5.99. The van der Waals surface area contributed by atoms with Crippen LogP contribution in [0.3, 0.4) is 0 Å². The van der Waals surface area contributed by atoms with E-state index in [0.717, 1.165) is 48.1 Å². The second-order valence-electron chi connectivity index (χ2n) is 7.98. The van der Waals surface area contributed by atoms with E-state index in [0.29, 0.717) is 23.3 Å². The highest BCUT2D eigenvalue weighted by Crippen LogP contribution is 2.31. The monoisotopic (exact) mass is 482 g/mol. The van der Waals surface area contributed by atoms with Gasteiger partial charge in [0.05, 0.1) is 12.1 Å². The molecule has 0 atom stereocenters. The summed E-state index contributed by atoms with van der Waals surface area (Å²) in [5.41, 5.74) is 1.98. The molecule has 1 fully saturated rings. The number of benzene rings is 1. The first-order valence-electron chi connectivity index (χ1n) is 10.8. The van der Waals surface area contributed by atoms with Gasteiger partial charge in [-0.05, 0) is 73.5 Å². The Labute approximate surface area is 201 Å². The van der Waals surface area contributed by atoms with E-state index in [-0.39, 0.29) is 11.4 Å². The second-order valence-corrected chi connectivity index (χ2v) is 9.32. The summed E-state index contributed by atoms with van der Waals surface area (Å²) in [7, 11) is 0. The van der Waals surface area contributed by atoms with Gasteiger partial charge >= 0.3 is 0 Å². The van der Waals surface area contributed by atoms with Gasteiger partial charge in [-0.3, -0.25) is 10.2 Å². The number of carbonyl (C=O) groups excluding carboxylic acids is 1. The molecular formula is C23H23ClN6O2S. The summed E-state index contributed by atoms with van der Waals surface area (Å²) in [5, 5.41) is 16.6. The molecule has 33 heavy (non-hydrogen) atoms. The van der Waals surface area contributed by atoms with Crippen LogP contribution < -0.4 is 4.74 Å². The minimum absolute atomic E-state index is 0.0485. The minimum Gasteiger partial charge on any atom is -0.492 e. The Bertz CT molecular complexity index is 1210. The van der Waals surface area contributed by atoms with Crippen LogP contribution in [-0.2, 0) is 11.3 Å². The number of ether oxygens (including phenoxy) is 1. The third-order valence-corrected chi connectivity index (χ3v) is 7.10. The van der Waals surface area contributed by atoms with Gasteiger partial charge in [0.15, 0.2) is 11.0 Å². The normalized spacial score (nSPS) is 19.3. The van der Waals surface area contributed by atoms with E-state index in [9.17, 15) is 4.79 Å². The van der Waals surface area contributed by atoms with Gasteiger partial charge in [-0.1, -0.05) is 11.6 Å². The lowest BCUT2D eigenvalue weighted by molar-refractivity contribution is -0.114. The highest BCUT2D eigenvalue weighted by atomic mass is 35.5. The summed E-state index contributed by atoms with van der Waals surface area (Å²) < 4.78 is 7.83. The zero-order chi connectivity index (χ0) is 22.9. The van der Waals surface area contributed by atoms with Crippen molar-refractivity contribution in [1.29, 1.82) is 5.41 Å². The number of fused-ring (bicyclic) bond motifs is 1. The van der Waals surface area contributed by atoms with Gasteiger partial charge < -0.3 is 14.2 Å². The van der Waals surface area contributed by atoms with Crippen LogP contribution in [0.1, 0.15) is 24.1 Å². The average Bonchev–Trinajstić information content (AvgIpc) is 3.54. The van der Waals surface area contributed by atoms with E-state index in [2.05, 4.69) is 15.0 Å². The minimum atomic E-state index is -0.419. The predicted octanol–water partition coefficient (Wildman–Crippen LogP) is 4.20. The molecule has 3 aliphatic rings. The number of hydrazone groups is 1. The molecule has 4 heterocycles. The van der Waals surface area contributed by atoms with Crippen molar-refractivity contribution >= 4 is 51.5 Å². The third-order valence-electron chi connectivity index (χ3n) is 5.71. The number of aliphatic imine (C=N–C) groups is 1. The van der Waals surface area contributed by atoms with E-state index in [1.807, 2.05) is 48.0 Å². The highest BCUT2D eigenvalue weighted by Gasteiger charge is 2.37. The van der Waals surface area contributed by atoms with E-state index < -0.39 is 5.91 Å². The maximum Gasteiger partial charge on any atom is 0.283 e. The summed E-state index contributed by atoms with van der Waals surface area (Å²) in [6.07, 6.45) is 5.88. The Morgan fingerprint density at radius 2 is 2.06 bits per heavy atom. The van der Waals surface area contributed by atoms with Gasteiger partial charge in [0, 0.05) is 30.0 Å². The molecule has 5 rings (SSSR count). The van der Waals surface area contributed by atoms with Crippen molar-refractivity contribution < 1.29 is 9.53 Å². The summed E-state index contributed by atoms with van der Waals surface area (Å²) in [6, 6.07) is 9.37. The van der Waals surface area contributed by atoms with Crippen molar-refractivity contribution in [3.05, 3.63) is 58.4 Å². The lowest BCUT2D eigenvalue weighted by Gasteiger charge is -2.20. The molecular weight excluding hydrogens is 460 g/mol. The van der Waals surface area contributed by atoms with Gasteiger partial charge in [-0.2, -0.15) is 10.0 Å². The maximum absolute atomic E-state index is 12.7. The molecule has 2 aromatic rings. The fourth-order valence-corrected chi connectivity index (χ4v) is 4.96. The highest BCUT2D eigenvalue weighted by molar-refractivity contribution is 8.26. The number of aromatic nitrogens is 1. The van der Waals surface area contributed by atoms with Crippen molar-refractivity contribution in [2.75, 3.05) is 19.7 Å². The predicted molar refractivity (Wildman–Crippen MR) is 132 cm³/mol. The van der Waals surface area contributed by atoms with Crippen LogP contribution >= 0.6 is 23.4 Å². The lowest BCUT2D eigenvalue weighted by Crippen LogP contribution is -2.35. The largest absolute Gasteiger partial charge is 0.492 e. The number of amides is 1. The van der Waals surface area contributed by atoms with Crippen molar-refractivity contribution in [1.82, 2.24) is 14.5 Å². The number of thioether (sulfide) groups is 1. The number of amidine groups is 3. The zero-order valence-electron chi connectivity index (χ0n) is 18.1. The maximum atomic E-state index is 12.7. The van der Waals surface area contributed by atoms with Gasteiger partial charge in [0.1, 0.15) is 12.4 Å². The summed E-state index contributed by atoms with van der Waals surface area (Å²) in [4.78, 5) is 19.1. The molecule has 1 N–H and O–H groups in total. The summed E-state index contributed by atoms with van der Waals surface area (Å²) in [6.45, 7) is 4.86. The van der Waals surface area contributed by atoms with Gasteiger partial charge in [-0.25, -0.2) is 0 Å². The SMILES string of the molecule is Cc1cc(OCCn2cccc2/C=C2/C(=N)N3N=C(N4CCCC4)SC3=NC2=O)ccc1Cl. The fourth-order valence-electron chi connectivity index (χ4n) is 3.90. The first kappa shape index (κ1) is 21.8. The molecule has 0 aliphatic carbocycles. The number of aryl methyl sites for hydroxylation is 1. The van der Waals surface area contributed by atoms with E-state index in [4.69, 9.17) is 21.7 Å². The molecule has 1 saturated heterocycles. The number of hydrogen-bond acceptors (Lipinski definition) is 6. The molecule has 0 unspecified atom stereocenters. The molecule has 1 aromatic heterocycles. The summed E-state index contributed by atoms with van der Waals surface area (Å²) in [5.74, 6) is 0.387. The first-order valence-corrected chi connectivity index (χ1v) is 12.0. The fraction of sp³-hybridized carbons (Fsp3) is 0.304. The number of rotatable bonds is 5. The molecule has 1 aromatic carbocycles. The van der Waals surface area contributed by atoms with Gasteiger partial charge in [0.2, 0.25) is 5.17 Å². The number of nitrogens with one attached hydrogen (secondary N) is 1. The molecule has 170 valence electrons. The van der Waals surface area contributed by atoms with E-state index >= 15 is 0 Å². The second kappa shape index (κ2) is 9.07. The number of halogens is 1. The third kappa shape index (κ3) is 4.43. The quantitative estimate of drug-likeness (QED) is 0.645. The molecule has 0 spiro atoms. The molecule has 0 bridgehead atoms. The molecule has 8 nitrogen and oxygen atoms in total. The van der Waals surface area contributed by atoms with Crippen LogP contribution in [0.5, 0.6) is 5.75 Å². The van der Waals surface area contributed by atoms with E-state index in [1.54, 1.807) is 6.08 Å². The van der Waals surface area contributed by atoms with Crippen molar-refractivity contribution in [2.45, 2.75) is 26.3 Å². The van der Waals surface area contributed by atoms with E-state index in [1.165, 1.54) is 16.8 Å². The molecule has 1 amide bonds. The molecule has 0 saturated carbocycles. The first-order chi connectivity index (χ1) is 16.0. The van der Waals surface area contributed by atoms with Gasteiger partial charge in [-0.15, -0.1) is 5.10 Å². The summed E-state index contributed by atoms with van der Waals surface area (Å²) >= 11 is 7.43. The van der Waals surface area contributed by atoms with Crippen molar-refractivity contribution in [3.63, 3.8) is 0 Å². The molecule has 10 heteroatoms. The van der Waals surface area contributed by atoms with Crippen LogP contribution in [0.15, 0.2) is 52.2 Å². The van der Waals surface area contributed by atoms with Crippen LogP contribution in [0.2, 0.25) is 5.02 Å². The smallest absolute Gasteiger partial charge is 0.283 e. The van der Waals surface area contributed by atoms with Crippen molar-refractivity contribution in [2.24, 2.45) is 10.1 Å². The lowest BCUT2D eigenvalue weighted by atomic mass is 10.1. The Balaban J connectivity index is 1.30. The Morgan fingerprint density at radius 3 is 2.85 bits per heavy atom. The van der Waals surface area contributed by atoms with Gasteiger partial charge in [0.25, 0.3) is 5.91 Å². The molecule has 0 radical (unpaired) electrons. The van der Waals surface area contributed by atoms with Crippen LogP contribution in [0.4, 0.5) is 0 Å². The van der Waals surface area contributed by atoms with Crippen LogP contribution in [-0.4, -0.2) is 56.3 Å². The number of hydrogen-bond donors (Lipinski definition) is 1.